The number of rotatable bonds is 18. The minimum absolute atomic E-state index is 0.0581. The highest BCUT2D eigenvalue weighted by atomic mass is 16.1. The highest BCUT2D eigenvalue weighted by molar-refractivity contribution is 5.72. The molecule has 2 atom stereocenters. The van der Waals surface area contributed by atoms with Gasteiger partial charge >= 0.3 is 0 Å². The van der Waals surface area contributed by atoms with Gasteiger partial charge in [-0.2, -0.15) is 0 Å². The smallest absolute Gasteiger partial charge is 0.217 e. The third-order valence-electron chi connectivity index (χ3n) is 6.40. The van der Waals surface area contributed by atoms with Gasteiger partial charge in [0.2, 0.25) is 5.91 Å². The number of likely N-dealkylation sites (N-methyl/N-ethyl adjacent to an activating group) is 1. The summed E-state index contributed by atoms with van der Waals surface area (Å²) in [7, 11) is 0. The van der Waals surface area contributed by atoms with Gasteiger partial charge in [-0.3, -0.25) is 9.28 Å². The lowest BCUT2D eigenvalue weighted by Crippen LogP contribution is -2.55. The van der Waals surface area contributed by atoms with Gasteiger partial charge in [-0.15, -0.1) is 0 Å². The highest BCUT2D eigenvalue weighted by Crippen LogP contribution is 2.22. The van der Waals surface area contributed by atoms with Gasteiger partial charge in [0.25, 0.3) is 0 Å². The van der Waals surface area contributed by atoms with Crippen LogP contribution in [0.3, 0.4) is 0 Å². The average Bonchev–Trinajstić information content (AvgIpc) is 3.11. The second-order valence-corrected chi connectivity index (χ2v) is 8.77. The number of allylic oxidation sites excluding steroid dienone is 1. The zero-order valence-electron chi connectivity index (χ0n) is 19.6. The van der Waals surface area contributed by atoms with E-state index in [1.165, 1.54) is 77.0 Å². The number of hydrogen-bond donors (Lipinski definition) is 1. The number of amides is 1. The number of carbonyl (C=O) groups excluding carboxylic acids is 1. The fourth-order valence-corrected chi connectivity index (χ4v) is 4.33. The number of carbonyl (C=O) groups is 1. The summed E-state index contributed by atoms with van der Waals surface area (Å²) in [6, 6.07) is 0. The normalized spacial score (nSPS) is 21.3. The first-order chi connectivity index (χ1) is 14.1. The van der Waals surface area contributed by atoms with Crippen LogP contribution in [0.5, 0.6) is 0 Å². The van der Waals surface area contributed by atoms with Gasteiger partial charge in [0.05, 0.1) is 25.8 Å². The van der Waals surface area contributed by atoms with E-state index in [4.69, 9.17) is 4.99 Å². The number of quaternary nitrogens is 1. The van der Waals surface area contributed by atoms with Crippen molar-refractivity contribution in [3.63, 3.8) is 0 Å². The molecule has 1 aliphatic heterocycles. The summed E-state index contributed by atoms with van der Waals surface area (Å²) in [5, 5.41) is 2.94. The molecule has 1 N–H and O–H groups in total. The van der Waals surface area contributed by atoms with Gasteiger partial charge in [0.1, 0.15) is 6.54 Å². The molecule has 0 saturated carbocycles. The SMILES string of the molecule is CCCCCCCCCCCCC/C=C/CC1N=CC[N+]1(CC)CCNC(C)=O. The van der Waals surface area contributed by atoms with Gasteiger partial charge in [-0.25, -0.2) is 4.99 Å². The maximum atomic E-state index is 11.2. The first-order valence-corrected chi connectivity index (χ1v) is 12.4. The van der Waals surface area contributed by atoms with Crippen LogP contribution >= 0.6 is 0 Å². The van der Waals surface area contributed by atoms with Gasteiger partial charge < -0.3 is 5.32 Å². The van der Waals surface area contributed by atoms with Gasteiger partial charge in [-0.1, -0.05) is 83.3 Å². The third kappa shape index (κ3) is 11.6. The molecule has 0 fully saturated rings. The van der Waals surface area contributed by atoms with E-state index in [2.05, 4.69) is 37.5 Å². The summed E-state index contributed by atoms with van der Waals surface area (Å²) >= 11 is 0. The van der Waals surface area contributed by atoms with Crippen molar-refractivity contribution in [2.75, 3.05) is 26.2 Å². The summed E-state index contributed by atoms with van der Waals surface area (Å²) in [5.41, 5.74) is 0. The Morgan fingerprint density at radius 2 is 1.62 bits per heavy atom. The van der Waals surface area contributed by atoms with E-state index in [0.717, 1.165) is 37.1 Å². The van der Waals surface area contributed by atoms with Crippen LogP contribution in [0.25, 0.3) is 0 Å². The van der Waals surface area contributed by atoms with E-state index >= 15 is 0 Å². The average molecular weight is 407 g/mol. The lowest BCUT2D eigenvalue weighted by molar-refractivity contribution is -0.934. The number of unbranched alkanes of at least 4 members (excludes halogenated alkanes) is 11. The maximum Gasteiger partial charge on any atom is 0.217 e. The van der Waals surface area contributed by atoms with Crippen LogP contribution in [0.15, 0.2) is 17.1 Å². The molecule has 0 aromatic carbocycles. The maximum absolute atomic E-state index is 11.2. The third-order valence-corrected chi connectivity index (χ3v) is 6.40. The Balaban J connectivity index is 2.06. The Morgan fingerprint density at radius 1 is 1.00 bits per heavy atom. The van der Waals surface area contributed by atoms with E-state index < -0.39 is 0 Å². The quantitative estimate of drug-likeness (QED) is 0.169. The Kier molecular flexibility index (Phi) is 14.8. The molecule has 0 radical (unpaired) electrons. The van der Waals surface area contributed by atoms with Crippen LogP contribution < -0.4 is 5.32 Å². The lowest BCUT2D eigenvalue weighted by Gasteiger charge is -2.37. The molecule has 0 saturated heterocycles. The molecule has 0 bridgehead atoms. The molecule has 1 amide bonds. The van der Waals surface area contributed by atoms with Gasteiger partial charge in [0.15, 0.2) is 6.17 Å². The second kappa shape index (κ2) is 16.6. The minimum Gasteiger partial charge on any atom is -0.351 e. The summed E-state index contributed by atoms with van der Waals surface area (Å²) in [5.74, 6) is 0.0581. The zero-order valence-corrected chi connectivity index (χ0v) is 19.6. The Hall–Kier alpha value is -1.16. The fraction of sp³-hybridized carbons (Fsp3) is 0.840. The van der Waals surface area contributed by atoms with Crippen molar-refractivity contribution in [1.29, 1.82) is 0 Å². The molecule has 0 aliphatic carbocycles. The Labute approximate surface area is 180 Å². The predicted octanol–water partition coefficient (Wildman–Crippen LogP) is 6.02. The number of hydrogen-bond acceptors (Lipinski definition) is 2. The van der Waals surface area contributed by atoms with E-state index in [1.54, 1.807) is 6.92 Å². The van der Waals surface area contributed by atoms with Crippen LogP contribution in [0, 0.1) is 0 Å². The topological polar surface area (TPSA) is 41.5 Å². The van der Waals surface area contributed by atoms with Crippen LogP contribution in [0.4, 0.5) is 0 Å². The Bertz CT molecular complexity index is 475. The van der Waals surface area contributed by atoms with Crippen LogP contribution in [-0.2, 0) is 4.79 Å². The van der Waals surface area contributed by atoms with E-state index in [-0.39, 0.29) is 5.91 Å². The molecule has 0 aromatic rings. The summed E-state index contributed by atoms with van der Waals surface area (Å²) in [6.07, 6.45) is 24.8. The molecule has 2 unspecified atom stereocenters. The van der Waals surface area contributed by atoms with Crippen molar-refractivity contribution in [3.05, 3.63) is 12.2 Å². The number of nitrogens with one attached hydrogen (secondary N) is 1. The molecular weight excluding hydrogens is 358 g/mol. The molecule has 1 heterocycles. The number of aliphatic imine (C=N–C) groups is 1. The standard InChI is InChI=1S/C25H47N3O/c1-4-6-7-8-9-10-11-12-13-14-15-16-17-18-19-25-27-21-23-28(25,5-2)22-20-26-24(3)29/h17-18,21,25H,4-16,19-20,22-23H2,1-3H3/p+1/b18-17+. The number of nitrogens with zero attached hydrogens (tertiary/aromatic N) is 2. The van der Waals surface area contributed by atoms with Crippen molar-refractivity contribution < 1.29 is 9.28 Å². The van der Waals surface area contributed by atoms with E-state index in [0.29, 0.717) is 6.17 Å². The monoisotopic (exact) mass is 406 g/mol. The van der Waals surface area contributed by atoms with Crippen LogP contribution in [0.2, 0.25) is 0 Å². The van der Waals surface area contributed by atoms with E-state index in [1.807, 2.05) is 0 Å². The second-order valence-electron chi connectivity index (χ2n) is 8.77. The van der Waals surface area contributed by atoms with Crippen molar-refractivity contribution >= 4 is 12.1 Å². The van der Waals surface area contributed by atoms with Crippen LogP contribution in [0.1, 0.15) is 104 Å². The van der Waals surface area contributed by atoms with Gasteiger partial charge in [0, 0.05) is 13.3 Å². The lowest BCUT2D eigenvalue weighted by atomic mass is 10.1. The molecular formula is C25H48N3O+. The van der Waals surface area contributed by atoms with Crippen molar-refractivity contribution in [3.8, 4) is 0 Å². The predicted molar refractivity (Wildman–Crippen MR) is 126 cm³/mol. The van der Waals surface area contributed by atoms with Crippen molar-refractivity contribution in [2.24, 2.45) is 4.99 Å². The first kappa shape index (κ1) is 25.9. The molecule has 29 heavy (non-hydrogen) atoms. The molecule has 4 heteroatoms. The molecule has 0 spiro atoms. The molecule has 1 aliphatic rings. The zero-order chi connectivity index (χ0) is 21.2. The van der Waals surface area contributed by atoms with Crippen LogP contribution in [-0.4, -0.2) is 48.9 Å². The molecule has 168 valence electrons. The van der Waals surface area contributed by atoms with E-state index in [9.17, 15) is 4.79 Å². The highest BCUT2D eigenvalue weighted by Gasteiger charge is 2.36. The minimum atomic E-state index is 0.0581. The molecule has 0 aromatic heterocycles. The summed E-state index contributed by atoms with van der Waals surface area (Å²) in [6.45, 7) is 9.88. The fourth-order valence-electron chi connectivity index (χ4n) is 4.33. The summed E-state index contributed by atoms with van der Waals surface area (Å²) in [4.78, 5) is 15.9. The Morgan fingerprint density at radius 3 is 2.21 bits per heavy atom. The first-order valence-electron chi connectivity index (χ1n) is 12.4. The summed E-state index contributed by atoms with van der Waals surface area (Å²) < 4.78 is 0.975. The molecule has 4 nitrogen and oxygen atoms in total. The van der Waals surface area contributed by atoms with Gasteiger partial charge in [-0.05, 0) is 19.8 Å². The van der Waals surface area contributed by atoms with Crippen molar-refractivity contribution in [1.82, 2.24) is 5.32 Å². The largest absolute Gasteiger partial charge is 0.351 e. The van der Waals surface area contributed by atoms with Crippen molar-refractivity contribution in [2.45, 2.75) is 110 Å². The molecule has 1 rings (SSSR count).